The first-order valence-corrected chi connectivity index (χ1v) is 7.02. The monoisotopic (exact) mass is 376 g/mol. The molecule has 0 spiro atoms. The van der Waals surface area contributed by atoms with Gasteiger partial charge in [0, 0.05) is 5.69 Å². The van der Waals surface area contributed by atoms with E-state index < -0.39 is 11.7 Å². The molecular formula is C13H8BrCl2FN2O. The van der Waals surface area contributed by atoms with Crippen molar-refractivity contribution in [2.24, 2.45) is 0 Å². The van der Waals surface area contributed by atoms with Gasteiger partial charge in [-0.3, -0.25) is 4.79 Å². The Bertz CT molecular complexity index is 694. The Morgan fingerprint density at radius 3 is 2.75 bits per heavy atom. The number of carbonyl (C=O) groups excluding carboxylic acids is 1. The van der Waals surface area contributed by atoms with Crippen LogP contribution in [-0.2, 0) is 0 Å². The highest BCUT2D eigenvalue weighted by atomic mass is 79.9. The van der Waals surface area contributed by atoms with E-state index in [2.05, 4.69) is 26.2 Å². The van der Waals surface area contributed by atoms with Crippen molar-refractivity contribution in [1.82, 2.24) is 4.98 Å². The molecular weight excluding hydrogens is 370 g/mol. The van der Waals surface area contributed by atoms with E-state index in [9.17, 15) is 9.18 Å². The molecule has 1 heterocycles. The molecule has 0 radical (unpaired) electrons. The molecule has 1 amide bonds. The number of pyridine rings is 1. The Balaban J connectivity index is 2.32. The number of carbonyl (C=O) groups is 1. The maximum absolute atomic E-state index is 13.3. The highest BCUT2D eigenvalue weighted by Crippen LogP contribution is 2.25. The van der Waals surface area contributed by atoms with Crippen LogP contribution in [0.15, 0.2) is 28.7 Å². The fourth-order valence-electron chi connectivity index (χ4n) is 1.54. The molecule has 1 aromatic carbocycles. The Morgan fingerprint density at radius 1 is 1.35 bits per heavy atom. The van der Waals surface area contributed by atoms with E-state index in [0.717, 1.165) is 0 Å². The number of aryl methyl sites for hydroxylation is 1. The maximum atomic E-state index is 13.3. The van der Waals surface area contributed by atoms with E-state index in [1.165, 1.54) is 24.3 Å². The average Bonchev–Trinajstić information content (AvgIpc) is 2.38. The van der Waals surface area contributed by atoms with Crippen molar-refractivity contribution in [3.05, 3.63) is 56.0 Å². The summed E-state index contributed by atoms with van der Waals surface area (Å²) in [5.74, 6) is -0.918. The summed E-state index contributed by atoms with van der Waals surface area (Å²) < 4.78 is 13.6. The molecule has 0 bridgehead atoms. The second-order valence-corrected chi connectivity index (χ2v) is 5.65. The molecule has 7 heteroatoms. The van der Waals surface area contributed by atoms with Gasteiger partial charge in [0.05, 0.1) is 9.50 Å². The number of benzene rings is 1. The Hall–Kier alpha value is -1.17. The minimum Gasteiger partial charge on any atom is -0.320 e. The van der Waals surface area contributed by atoms with Gasteiger partial charge in [-0.1, -0.05) is 23.2 Å². The van der Waals surface area contributed by atoms with Gasteiger partial charge in [0.2, 0.25) is 0 Å². The molecule has 3 nitrogen and oxygen atoms in total. The minimum atomic E-state index is -0.515. The zero-order chi connectivity index (χ0) is 14.9. The molecule has 0 fully saturated rings. The summed E-state index contributed by atoms with van der Waals surface area (Å²) in [6.45, 7) is 1.68. The number of nitrogens with one attached hydrogen (secondary N) is 1. The lowest BCUT2D eigenvalue weighted by Crippen LogP contribution is -2.15. The minimum absolute atomic E-state index is 0.0130. The van der Waals surface area contributed by atoms with Gasteiger partial charge in [0.15, 0.2) is 0 Å². The maximum Gasteiger partial charge on any atom is 0.275 e. The molecule has 0 atom stereocenters. The van der Waals surface area contributed by atoms with Crippen LogP contribution in [0.3, 0.4) is 0 Å². The molecule has 20 heavy (non-hydrogen) atoms. The number of halogens is 4. The second-order valence-electron chi connectivity index (χ2n) is 4.00. The summed E-state index contributed by atoms with van der Waals surface area (Å²) in [5.41, 5.74) is 1.05. The van der Waals surface area contributed by atoms with Crippen LogP contribution in [0.1, 0.15) is 16.1 Å². The van der Waals surface area contributed by atoms with Crippen LogP contribution < -0.4 is 5.32 Å². The molecule has 1 N–H and O–H groups in total. The Kier molecular flexibility index (Phi) is 4.62. The molecule has 0 unspecified atom stereocenters. The number of aromatic nitrogens is 1. The molecule has 0 aliphatic heterocycles. The number of nitrogens with zero attached hydrogens (tertiary/aromatic N) is 1. The third-order valence-corrected chi connectivity index (χ3v) is 3.67. The van der Waals surface area contributed by atoms with Gasteiger partial charge >= 0.3 is 0 Å². The molecule has 0 aliphatic carbocycles. The van der Waals surface area contributed by atoms with Crippen LogP contribution in [0.25, 0.3) is 0 Å². The highest BCUT2D eigenvalue weighted by Gasteiger charge is 2.15. The van der Waals surface area contributed by atoms with E-state index in [1.54, 1.807) is 6.92 Å². The first kappa shape index (κ1) is 15.2. The molecule has 104 valence electrons. The van der Waals surface area contributed by atoms with E-state index in [0.29, 0.717) is 11.3 Å². The predicted octanol–water partition coefficient (Wildman–Crippen LogP) is 4.85. The SMILES string of the molecule is Cc1cc(F)c(Br)cc1NC(=O)c1nc(Cl)ccc1Cl. The lowest BCUT2D eigenvalue weighted by atomic mass is 10.2. The van der Waals surface area contributed by atoms with Gasteiger partial charge in [0.1, 0.15) is 16.7 Å². The van der Waals surface area contributed by atoms with E-state index >= 15 is 0 Å². The van der Waals surface area contributed by atoms with E-state index in [-0.39, 0.29) is 20.3 Å². The largest absolute Gasteiger partial charge is 0.320 e. The zero-order valence-corrected chi connectivity index (χ0v) is 13.3. The highest BCUT2D eigenvalue weighted by molar-refractivity contribution is 9.10. The molecule has 2 aromatic rings. The van der Waals surface area contributed by atoms with Gasteiger partial charge in [-0.25, -0.2) is 9.37 Å². The van der Waals surface area contributed by atoms with Gasteiger partial charge in [-0.2, -0.15) is 0 Å². The van der Waals surface area contributed by atoms with Crippen LogP contribution in [-0.4, -0.2) is 10.9 Å². The van der Waals surface area contributed by atoms with Gasteiger partial charge in [-0.05, 0) is 52.7 Å². The first-order valence-electron chi connectivity index (χ1n) is 5.47. The Morgan fingerprint density at radius 2 is 2.05 bits per heavy atom. The summed E-state index contributed by atoms with van der Waals surface area (Å²) >= 11 is 14.7. The summed E-state index contributed by atoms with van der Waals surface area (Å²) in [4.78, 5) is 16.0. The lowest BCUT2D eigenvalue weighted by Gasteiger charge is -2.10. The molecule has 1 aromatic heterocycles. The van der Waals surface area contributed by atoms with Gasteiger partial charge in [0.25, 0.3) is 5.91 Å². The normalized spacial score (nSPS) is 10.4. The van der Waals surface area contributed by atoms with Crippen LogP contribution in [0.2, 0.25) is 10.2 Å². The van der Waals surface area contributed by atoms with Crippen molar-refractivity contribution in [3.63, 3.8) is 0 Å². The molecule has 0 aliphatic rings. The zero-order valence-electron chi connectivity index (χ0n) is 10.2. The third-order valence-electron chi connectivity index (χ3n) is 2.54. The van der Waals surface area contributed by atoms with Crippen molar-refractivity contribution in [2.75, 3.05) is 5.32 Å². The summed E-state index contributed by atoms with van der Waals surface area (Å²) in [5, 5.41) is 2.97. The number of hydrogen-bond donors (Lipinski definition) is 1. The van der Waals surface area contributed by atoms with Crippen LogP contribution in [0.5, 0.6) is 0 Å². The lowest BCUT2D eigenvalue weighted by molar-refractivity contribution is 0.102. The predicted molar refractivity (Wildman–Crippen MR) is 81.0 cm³/mol. The topological polar surface area (TPSA) is 42.0 Å². The van der Waals surface area contributed by atoms with Crippen molar-refractivity contribution in [2.45, 2.75) is 6.92 Å². The van der Waals surface area contributed by atoms with Crippen LogP contribution in [0, 0.1) is 12.7 Å². The number of hydrogen-bond acceptors (Lipinski definition) is 2. The number of anilines is 1. The molecule has 2 rings (SSSR count). The summed E-state index contributed by atoms with van der Waals surface area (Å²) in [6.07, 6.45) is 0. The number of amides is 1. The fraction of sp³-hybridized carbons (Fsp3) is 0.0769. The van der Waals surface area contributed by atoms with E-state index in [1.807, 2.05) is 0 Å². The Labute approximate surface area is 133 Å². The van der Waals surface area contributed by atoms with Gasteiger partial charge < -0.3 is 5.32 Å². The third kappa shape index (κ3) is 3.29. The van der Waals surface area contributed by atoms with Crippen molar-refractivity contribution in [3.8, 4) is 0 Å². The number of rotatable bonds is 2. The smallest absolute Gasteiger partial charge is 0.275 e. The van der Waals surface area contributed by atoms with Crippen LogP contribution in [0.4, 0.5) is 10.1 Å². The average molecular weight is 378 g/mol. The summed E-state index contributed by atoms with van der Waals surface area (Å²) in [7, 11) is 0. The van der Waals surface area contributed by atoms with Crippen molar-refractivity contribution >= 4 is 50.7 Å². The fourth-order valence-corrected chi connectivity index (χ4v) is 2.22. The first-order chi connectivity index (χ1) is 9.38. The second kappa shape index (κ2) is 6.08. The quantitative estimate of drug-likeness (QED) is 0.760. The van der Waals surface area contributed by atoms with Crippen LogP contribution >= 0.6 is 39.1 Å². The standard InChI is InChI=1S/C13H8BrCl2FN2O/c1-6-4-9(17)7(14)5-10(6)18-13(20)12-8(15)2-3-11(16)19-12/h2-5H,1H3,(H,18,20). The van der Waals surface area contributed by atoms with E-state index in [4.69, 9.17) is 23.2 Å². The molecule has 0 saturated heterocycles. The van der Waals surface area contributed by atoms with Crippen molar-refractivity contribution < 1.29 is 9.18 Å². The van der Waals surface area contributed by atoms with Crippen molar-refractivity contribution in [1.29, 1.82) is 0 Å². The van der Waals surface area contributed by atoms with Gasteiger partial charge in [-0.15, -0.1) is 0 Å². The molecule has 0 saturated carbocycles. The summed E-state index contributed by atoms with van der Waals surface area (Å²) in [6, 6.07) is 5.76.